The molecule has 68 heavy (non-hydrogen) atoms. The van der Waals surface area contributed by atoms with Crippen LogP contribution in [-0.2, 0) is 5.41 Å². The Morgan fingerprint density at radius 2 is 0.971 bits per heavy atom. The molecule has 0 saturated heterocycles. The summed E-state index contributed by atoms with van der Waals surface area (Å²) in [4.78, 5) is 13.0. The molecule has 1 spiro atoms. The molecule has 2 unspecified atom stereocenters. The van der Waals surface area contributed by atoms with Crippen LogP contribution in [0.2, 0.25) is 0 Å². The molecule has 2 aliphatic heterocycles. The van der Waals surface area contributed by atoms with E-state index in [0.717, 1.165) is 46.0 Å². The Labute approximate surface area is 397 Å². The lowest BCUT2D eigenvalue weighted by molar-refractivity contribution is 0.753. The first kappa shape index (κ1) is 39.7. The van der Waals surface area contributed by atoms with E-state index in [1.54, 1.807) is 0 Å². The number of para-hydroxylation sites is 3. The molecule has 9 aromatic carbocycles. The van der Waals surface area contributed by atoms with Crippen LogP contribution >= 0.6 is 0 Å². The number of nitrogens with one attached hydrogen (secondary N) is 1. The second kappa shape index (κ2) is 16.4. The third-order valence-electron chi connectivity index (χ3n) is 14.2. The fraction of sp³-hybridized carbons (Fsp3) is 0.0625. The summed E-state index contributed by atoms with van der Waals surface area (Å²) in [6.45, 7) is 0. The number of aliphatic imine (C=N–C) groups is 2. The van der Waals surface area contributed by atoms with Crippen LogP contribution < -0.4 is 10.2 Å². The molecule has 0 saturated carbocycles. The van der Waals surface area contributed by atoms with Crippen molar-refractivity contribution in [1.29, 1.82) is 0 Å². The highest BCUT2D eigenvalue weighted by molar-refractivity contribution is 6.16. The highest BCUT2D eigenvalue weighted by atomic mass is 15.2. The number of anilines is 3. The molecule has 0 aromatic heterocycles. The van der Waals surface area contributed by atoms with E-state index >= 15 is 0 Å². The molecular weight excluding hydrogens is 825 g/mol. The number of fused-ring (bicyclic) bond motifs is 9. The molecular formula is C64H46N4. The van der Waals surface area contributed by atoms with Crippen molar-refractivity contribution in [1.82, 2.24) is 5.32 Å². The molecule has 4 heteroatoms. The van der Waals surface area contributed by atoms with Crippen molar-refractivity contribution in [3.05, 3.63) is 293 Å². The number of nitrogens with zero attached hydrogens (tertiary/aromatic N) is 3. The van der Waals surface area contributed by atoms with E-state index in [0.29, 0.717) is 0 Å². The van der Waals surface area contributed by atoms with Crippen LogP contribution in [0.4, 0.5) is 17.1 Å². The second-order valence-corrected chi connectivity index (χ2v) is 18.1. The molecule has 2 aliphatic carbocycles. The standard InChI is InChI=1S/C64H46N4/c1-4-19-43(20-5-1)45-23-17-27-50(40-45)62-65-61(44-21-6-2-7-22-44)66-63(67-62)51-28-18-26-48(41-51)46-24-16-25-47(39-46)49-37-38-54-53-31-10-11-32-55(53)64(58(54)42-49)56-33-12-14-35-59(56)68(52-29-8-3-9-30-52)60-36-15-13-34-57(60)64/h1-25,27-42,48,63H,26H2,(H,65,66,67). The maximum atomic E-state index is 5.32. The van der Waals surface area contributed by atoms with Crippen molar-refractivity contribution in [2.75, 3.05) is 4.90 Å². The molecule has 0 radical (unpaired) electrons. The molecule has 0 amide bonds. The van der Waals surface area contributed by atoms with E-state index in [1.165, 1.54) is 67.0 Å². The largest absolute Gasteiger partial charge is 0.324 e. The smallest absolute Gasteiger partial charge is 0.169 e. The maximum absolute atomic E-state index is 5.32. The summed E-state index contributed by atoms with van der Waals surface area (Å²) in [6.07, 6.45) is 7.41. The predicted octanol–water partition coefficient (Wildman–Crippen LogP) is 15.0. The Bertz CT molecular complexity index is 3480. The van der Waals surface area contributed by atoms with E-state index in [2.05, 4.69) is 253 Å². The lowest BCUT2D eigenvalue weighted by atomic mass is 9.64. The van der Waals surface area contributed by atoms with Crippen LogP contribution in [0.1, 0.15) is 51.3 Å². The molecule has 2 heterocycles. The fourth-order valence-corrected chi connectivity index (χ4v) is 11.2. The first-order chi connectivity index (χ1) is 33.7. The van der Waals surface area contributed by atoms with Crippen LogP contribution in [0.3, 0.4) is 0 Å². The summed E-state index contributed by atoms with van der Waals surface area (Å²) < 4.78 is 0. The van der Waals surface area contributed by atoms with Gasteiger partial charge >= 0.3 is 0 Å². The van der Waals surface area contributed by atoms with Crippen LogP contribution in [0, 0.1) is 0 Å². The molecule has 9 aromatic rings. The zero-order valence-corrected chi connectivity index (χ0v) is 37.4. The first-order valence-corrected chi connectivity index (χ1v) is 23.6. The van der Waals surface area contributed by atoms with Gasteiger partial charge in [-0.3, -0.25) is 0 Å². The summed E-state index contributed by atoms with van der Waals surface area (Å²) in [5.74, 6) is 1.79. The fourth-order valence-electron chi connectivity index (χ4n) is 11.2. The van der Waals surface area contributed by atoms with Crippen molar-refractivity contribution in [2.24, 2.45) is 9.98 Å². The van der Waals surface area contributed by atoms with Gasteiger partial charge in [-0.25, -0.2) is 9.98 Å². The minimum atomic E-state index is -0.514. The van der Waals surface area contributed by atoms with Gasteiger partial charge < -0.3 is 10.2 Å². The first-order valence-electron chi connectivity index (χ1n) is 23.6. The normalized spacial score (nSPS) is 17.2. The highest BCUT2D eigenvalue weighted by Crippen LogP contribution is 2.63. The lowest BCUT2D eigenvalue weighted by Crippen LogP contribution is -2.38. The number of rotatable bonds is 7. The van der Waals surface area contributed by atoms with E-state index in [9.17, 15) is 0 Å². The zero-order valence-electron chi connectivity index (χ0n) is 37.4. The van der Waals surface area contributed by atoms with E-state index < -0.39 is 11.6 Å². The van der Waals surface area contributed by atoms with Gasteiger partial charge in [0.15, 0.2) is 6.17 Å². The minimum Gasteiger partial charge on any atom is -0.324 e. The van der Waals surface area contributed by atoms with E-state index in [1.807, 2.05) is 6.07 Å². The van der Waals surface area contributed by atoms with E-state index in [-0.39, 0.29) is 5.92 Å². The Balaban J connectivity index is 0.893. The van der Waals surface area contributed by atoms with Gasteiger partial charge in [-0.1, -0.05) is 212 Å². The molecule has 1 N–H and O–H groups in total. The Morgan fingerprint density at radius 3 is 1.71 bits per heavy atom. The predicted molar refractivity (Wildman–Crippen MR) is 280 cm³/mol. The monoisotopic (exact) mass is 870 g/mol. The second-order valence-electron chi connectivity index (χ2n) is 18.1. The SMILES string of the molecule is C1=CC(C2N=C(c3ccccc3)NC(c3cccc(-c4ccccc4)c3)=N2)=CC(c2cccc(-c3ccc4c(c3)C3(c5ccccc5-4)c4ccccc4N(c4ccccc4)c4ccccc43)c2)C1. The Morgan fingerprint density at radius 1 is 0.426 bits per heavy atom. The number of hydrogen-bond acceptors (Lipinski definition) is 4. The van der Waals surface area contributed by atoms with Crippen LogP contribution in [0.15, 0.2) is 264 Å². The third kappa shape index (κ3) is 6.52. The number of hydrogen-bond donors (Lipinski definition) is 1. The van der Waals surface area contributed by atoms with Gasteiger partial charge in [0.2, 0.25) is 0 Å². The molecule has 322 valence electrons. The highest BCUT2D eigenvalue weighted by Gasteiger charge is 2.51. The number of amidine groups is 2. The van der Waals surface area contributed by atoms with Gasteiger partial charge in [-0.2, -0.15) is 0 Å². The summed E-state index contributed by atoms with van der Waals surface area (Å²) in [5.41, 5.74) is 20.0. The van der Waals surface area contributed by atoms with Crippen molar-refractivity contribution in [3.8, 4) is 33.4 Å². The van der Waals surface area contributed by atoms with Crippen molar-refractivity contribution in [3.63, 3.8) is 0 Å². The zero-order chi connectivity index (χ0) is 45.0. The lowest BCUT2D eigenvalue weighted by Gasteiger charge is -2.45. The van der Waals surface area contributed by atoms with Crippen LogP contribution in [0.5, 0.6) is 0 Å². The number of allylic oxidation sites excluding steroid dienone is 2. The summed E-state index contributed by atoms with van der Waals surface area (Å²) >= 11 is 0. The van der Waals surface area contributed by atoms with Crippen LogP contribution in [0.25, 0.3) is 33.4 Å². The summed E-state index contributed by atoms with van der Waals surface area (Å²) in [7, 11) is 0. The summed E-state index contributed by atoms with van der Waals surface area (Å²) in [5, 5.41) is 3.61. The third-order valence-corrected chi connectivity index (χ3v) is 14.2. The van der Waals surface area contributed by atoms with Gasteiger partial charge in [-0.15, -0.1) is 0 Å². The van der Waals surface area contributed by atoms with Crippen molar-refractivity contribution < 1.29 is 0 Å². The van der Waals surface area contributed by atoms with Crippen molar-refractivity contribution >= 4 is 28.7 Å². The van der Waals surface area contributed by atoms with E-state index in [4.69, 9.17) is 9.98 Å². The topological polar surface area (TPSA) is 40.0 Å². The van der Waals surface area contributed by atoms with Gasteiger partial charge in [0, 0.05) is 22.7 Å². The van der Waals surface area contributed by atoms with Gasteiger partial charge in [0.05, 0.1) is 16.8 Å². The molecule has 4 nitrogen and oxygen atoms in total. The molecule has 2 atom stereocenters. The molecule has 0 bridgehead atoms. The summed E-state index contributed by atoms with van der Waals surface area (Å²) in [6, 6.07) is 83.8. The molecule has 13 rings (SSSR count). The average molecular weight is 871 g/mol. The van der Waals surface area contributed by atoms with Gasteiger partial charge in [0.25, 0.3) is 0 Å². The maximum Gasteiger partial charge on any atom is 0.169 e. The van der Waals surface area contributed by atoms with Gasteiger partial charge in [-0.05, 0) is 110 Å². The van der Waals surface area contributed by atoms with Crippen LogP contribution in [-0.4, -0.2) is 17.8 Å². The Kier molecular flexibility index (Phi) is 9.57. The average Bonchev–Trinajstić information content (AvgIpc) is 3.71. The minimum absolute atomic E-state index is 0.159. The number of benzene rings is 9. The molecule has 0 fully saturated rings. The van der Waals surface area contributed by atoms with Gasteiger partial charge in [0.1, 0.15) is 11.7 Å². The van der Waals surface area contributed by atoms with Crippen molar-refractivity contribution in [2.45, 2.75) is 23.9 Å². The molecule has 4 aliphatic rings. The quantitative estimate of drug-likeness (QED) is 0.173. The Hall–Kier alpha value is -8.60.